The second-order valence-corrected chi connectivity index (χ2v) is 3.57. The van der Waals surface area contributed by atoms with Gasteiger partial charge in [0.2, 0.25) is 0 Å². The molecule has 0 spiro atoms. The van der Waals surface area contributed by atoms with E-state index in [0.717, 1.165) is 17.0 Å². The highest BCUT2D eigenvalue weighted by Gasteiger charge is 2.13. The molecule has 0 amide bonds. The number of aryl methyl sites for hydroxylation is 2. The standard InChI is InChI=1S/C11H14N4/c1-8-9(4-3-6-13-8)11(12)10-5-7-15(2)14-10/h3-7,11H,12H2,1-2H3. The van der Waals surface area contributed by atoms with E-state index in [1.54, 1.807) is 10.9 Å². The van der Waals surface area contributed by atoms with E-state index in [-0.39, 0.29) is 6.04 Å². The first-order valence-electron chi connectivity index (χ1n) is 4.85. The quantitative estimate of drug-likeness (QED) is 0.795. The van der Waals surface area contributed by atoms with Crippen LogP contribution in [0.2, 0.25) is 0 Å². The first-order valence-corrected chi connectivity index (χ1v) is 4.85. The van der Waals surface area contributed by atoms with Crippen LogP contribution in [0.5, 0.6) is 0 Å². The van der Waals surface area contributed by atoms with Crippen LogP contribution in [0.4, 0.5) is 0 Å². The van der Waals surface area contributed by atoms with Gasteiger partial charge in [-0.3, -0.25) is 9.67 Å². The van der Waals surface area contributed by atoms with Gasteiger partial charge in [-0.2, -0.15) is 5.10 Å². The maximum atomic E-state index is 6.11. The van der Waals surface area contributed by atoms with Gasteiger partial charge in [-0.15, -0.1) is 0 Å². The second kappa shape index (κ2) is 3.82. The van der Waals surface area contributed by atoms with Crippen molar-refractivity contribution in [1.29, 1.82) is 0 Å². The van der Waals surface area contributed by atoms with Gasteiger partial charge in [0.25, 0.3) is 0 Å². The number of pyridine rings is 1. The second-order valence-electron chi connectivity index (χ2n) is 3.57. The summed E-state index contributed by atoms with van der Waals surface area (Å²) < 4.78 is 1.75. The Bertz CT molecular complexity index is 461. The van der Waals surface area contributed by atoms with E-state index < -0.39 is 0 Å². The summed E-state index contributed by atoms with van der Waals surface area (Å²) >= 11 is 0. The van der Waals surface area contributed by atoms with Crippen molar-refractivity contribution < 1.29 is 0 Å². The molecule has 1 atom stereocenters. The molecule has 0 saturated carbocycles. The fourth-order valence-corrected chi connectivity index (χ4v) is 1.58. The minimum absolute atomic E-state index is 0.195. The van der Waals surface area contributed by atoms with Crippen LogP contribution in [0.3, 0.4) is 0 Å². The molecule has 4 nitrogen and oxygen atoms in total. The zero-order valence-corrected chi connectivity index (χ0v) is 8.88. The Hall–Kier alpha value is -1.68. The van der Waals surface area contributed by atoms with E-state index in [1.807, 2.05) is 38.4 Å². The normalized spacial score (nSPS) is 12.7. The monoisotopic (exact) mass is 202 g/mol. The minimum Gasteiger partial charge on any atom is -0.319 e. The average Bonchev–Trinajstić information content (AvgIpc) is 2.65. The van der Waals surface area contributed by atoms with Gasteiger partial charge in [-0.25, -0.2) is 0 Å². The van der Waals surface area contributed by atoms with Crippen LogP contribution in [0.15, 0.2) is 30.6 Å². The zero-order valence-electron chi connectivity index (χ0n) is 8.88. The lowest BCUT2D eigenvalue weighted by Gasteiger charge is -2.11. The molecule has 0 aliphatic carbocycles. The minimum atomic E-state index is -0.195. The fraction of sp³-hybridized carbons (Fsp3) is 0.273. The predicted molar refractivity (Wildman–Crippen MR) is 58.2 cm³/mol. The number of aromatic nitrogens is 3. The van der Waals surface area contributed by atoms with E-state index in [1.165, 1.54) is 0 Å². The van der Waals surface area contributed by atoms with Gasteiger partial charge in [0.15, 0.2) is 0 Å². The summed E-state index contributed by atoms with van der Waals surface area (Å²) in [5, 5.41) is 4.29. The number of nitrogens with zero attached hydrogens (tertiary/aromatic N) is 3. The van der Waals surface area contributed by atoms with Crippen molar-refractivity contribution in [2.24, 2.45) is 12.8 Å². The summed E-state index contributed by atoms with van der Waals surface area (Å²) in [7, 11) is 1.88. The largest absolute Gasteiger partial charge is 0.319 e. The predicted octanol–water partition coefficient (Wildman–Crippen LogP) is 1.17. The molecule has 78 valence electrons. The van der Waals surface area contributed by atoms with Crippen molar-refractivity contribution in [2.45, 2.75) is 13.0 Å². The van der Waals surface area contributed by atoms with Crippen molar-refractivity contribution >= 4 is 0 Å². The Kier molecular flexibility index (Phi) is 2.51. The van der Waals surface area contributed by atoms with Crippen molar-refractivity contribution in [3.63, 3.8) is 0 Å². The lowest BCUT2D eigenvalue weighted by molar-refractivity contribution is 0.712. The lowest BCUT2D eigenvalue weighted by atomic mass is 10.0. The van der Waals surface area contributed by atoms with Gasteiger partial charge in [0.1, 0.15) is 0 Å². The van der Waals surface area contributed by atoms with Crippen molar-refractivity contribution in [1.82, 2.24) is 14.8 Å². The number of hydrogen-bond donors (Lipinski definition) is 1. The third-order valence-corrected chi connectivity index (χ3v) is 2.44. The molecular weight excluding hydrogens is 188 g/mol. The number of rotatable bonds is 2. The maximum absolute atomic E-state index is 6.11. The highest BCUT2D eigenvalue weighted by molar-refractivity contribution is 5.29. The highest BCUT2D eigenvalue weighted by Crippen LogP contribution is 2.19. The van der Waals surface area contributed by atoms with Crippen molar-refractivity contribution in [2.75, 3.05) is 0 Å². The van der Waals surface area contributed by atoms with Crippen LogP contribution < -0.4 is 5.73 Å². The van der Waals surface area contributed by atoms with Crippen LogP contribution >= 0.6 is 0 Å². The Balaban J connectivity index is 2.36. The van der Waals surface area contributed by atoms with E-state index in [2.05, 4.69) is 10.1 Å². The SMILES string of the molecule is Cc1ncccc1C(N)c1ccn(C)n1. The fourth-order valence-electron chi connectivity index (χ4n) is 1.58. The summed E-state index contributed by atoms with van der Waals surface area (Å²) in [6, 6.07) is 5.61. The van der Waals surface area contributed by atoms with Gasteiger partial charge in [0, 0.05) is 25.1 Å². The first kappa shape index (κ1) is 9.86. The topological polar surface area (TPSA) is 56.7 Å². The molecule has 2 aromatic heterocycles. The van der Waals surface area contributed by atoms with Gasteiger partial charge in [-0.1, -0.05) is 6.07 Å². The molecule has 15 heavy (non-hydrogen) atoms. The number of nitrogens with two attached hydrogens (primary N) is 1. The molecule has 2 rings (SSSR count). The molecule has 0 fully saturated rings. The third kappa shape index (κ3) is 1.89. The molecule has 0 aliphatic heterocycles. The van der Waals surface area contributed by atoms with Gasteiger partial charge >= 0.3 is 0 Å². The van der Waals surface area contributed by atoms with Gasteiger partial charge in [0.05, 0.1) is 11.7 Å². The van der Waals surface area contributed by atoms with Crippen LogP contribution in [-0.2, 0) is 7.05 Å². The Morgan fingerprint density at radius 2 is 2.20 bits per heavy atom. The Labute approximate surface area is 88.8 Å². The smallest absolute Gasteiger partial charge is 0.0837 e. The summed E-state index contributed by atoms with van der Waals surface area (Å²) in [4.78, 5) is 4.22. The van der Waals surface area contributed by atoms with Gasteiger partial charge in [-0.05, 0) is 24.6 Å². The molecule has 0 radical (unpaired) electrons. The molecule has 0 aromatic carbocycles. The first-order chi connectivity index (χ1) is 7.18. The summed E-state index contributed by atoms with van der Waals surface area (Å²) in [5.74, 6) is 0. The molecular formula is C11H14N4. The van der Waals surface area contributed by atoms with Crippen molar-refractivity contribution in [3.05, 3.63) is 47.5 Å². The van der Waals surface area contributed by atoms with Crippen LogP contribution in [0.25, 0.3) is 0 Å². The summed E-state index contributed by atoms with van der Waals surface area (Å²) in [6.45, 7) is 1.96. The van der Waals surface area contributed by atoms with Crippen molar-refractivity contribution in [3.8, 4) is 0 Å². The highest BCUT2D eigenvalue weighted by atomic mass is 15.3. The molecule has 2 aromatic rings. The molecule has 2 heterocycles. The molecule has 0 aliphatic rings. The Morgan fingerprint density at radius 1 is 1.40 bits per heavy atom. The van der Waals surface area contributed by atoms with E-state index in [9.17, 15) is 0 Å². The van der Waals surface area contributed by atoms with Crippen LogP contribution in [0.1, 0.15) is 23.0 Å². The summed E-state index contributed by atoms with van der Waals surface area (Å²) in [5.41, 5.74) is 8.96. The molecule has 1 unspecified atom stereocenters. The molecule has 0 bridgehead atoms. The van der Waals surface area contributed by atoms with E-state index in [0.29, 0.717) is 0 Å². The summed E-state index contributed by atoms with van der Waals surface area (Å²) in [6.07, 6.45) is 3.66. The third-order valence-electron chi connectivity index (χ3n) is 2.44. The Morgan fingerprint density at radius 3 is 2.80 bits per heavy atom. The molecule has 0 saturated heterocycles. The molecule has 4 heteroatoms. The zero-order chi connectivity index (χ0) is 10.8. The van der Waals surface area contributed by atoms with E-state index >= 15 is 0 Å². The van der Waals surface area contributed by atoms with Crippen LogP contribution in [-0.4, -0.2) is 14.8 Å². The van der Waals surface area contributed by atoms with E-state index in [4.69, 9.17) is 5.73 Å². The average molecular weight is 202 g/mol. The maximum Gasteiger partial charge on any atom is 0.0837 e. The lowest BCUT2D eigenvalue weighted by Crippen LogP contribution is -2.14. The van der Waals surface area contributed by atoms with Gasteiger partial charge < -0.3 is 5.73 Å². The van der Waals surface area contributed by atoms with Crippen LogP contribution in [0, 0.1) is 6.92 Å². The number of hydrogen-bond acceptors (Lipinski definition) is 3. The molecule has 2 N–H and O–H groups in total.